The van der Waals surface area contributed by atoms with Crippen molar-refractivity contribution in [2.75, 3.05) is 7.05 Å². The Morgan fingerprint density at radius 1 is 1.00 bits per heavy atom. The molecule has 5 nitrogen and oxygen atoms in total. The number of hydrogen-bond acceptors (Lipinski definition) is 3. The van der Waals surface area contributed by atoms with Gasteiger partial charge in [0.2, 0.25) is 15.9 Å². The summed E-state index contributed by atoms with van der Waals surface area (Å²) in [6.07, 6.45) is 0.887. The number of carbonyl (C=O) groups excluding carboxylic acids is 1. The van der Waals surface area contributed by atoms with E-state index in [9.17, 15) is 13.2 Å². The van der Waals surface area contributed by atoms with Crippen molar-refractivity contribution in [2.24, 2.45) is 0 Å². The highest BCUT2D eigenvalue weighted by atomic mass is 35.5. The number of benzene rings is 2. The van der Waals surface area contributed by atoms with E-state index in [0.29, 0.717) is 24.4 Å². The number of carbonyl (C=O) groups is 1. The molecule has 7 heteroatoms. The molecule has 2 rings (SSSR count). The molecule has 128 valence electrons. The minimum absolute atomic E-state index is 0.0585. The average Bonchev–Trinajstić information content (AvgIpc) is 2.60. The van der Waals surface area contributed by atoms with Gasteiger partial charge in [0.1, 0.15) is 0 Å². The fourth-order valence-electron chi connectivity index (χ4n) is 2.10. The van der Waals surface area contributed by atoms with Gasteiger partial charge in [0.05, 0.1) is 4.90 Å². The van der Waals surface area contributed by atoms with Gasteiger partial charge in [-0.1, -0.05) is 35.9 Å². The summed E-state index contributed by atoms with van der Waals surface area (Å²) in [5.41, 5.74) is 1.89. The lowest BCUT2D eigenvalue weighted by atomic mass is 10.1. The Balaban J connectivity index is 1.82. The molecule has 0 heterocycles. The Kier molecular flexibility index (Phi) is 6.36. The fraction of sp³-hybridized carbons (Fsp3) is 0.235. The highest BCUT2D eigenvalue weighted by molar-refractivity contribution is 7.89. The largest absolute Gasteiger partial charge is 0.352 e. The maximum Gasteiger partial charge on any atom is 0.240 e. The second-order valence-electron chi connectivity index (χ2n) is 5.25. The van der Waals surface area contributed by atoms with Gasteiger partial charge in [0.25, 0.3) is 0 Å². The van der Waals surface area contributed by atoms with Crippen LogP contribution < -0.4 is 10.0 Å². The third kappa shape index (κ3) is 5.33. The van der Waals surface area contributed by atoms with Crippen molar-refractivity contribution in [3.05, 3.63) is 64.7 Å². The summed E-state index contributed by atoms with van der Waals surface area (Å²) in [5, 5.41) is 3.51. The quantitative estimate of drug-likeness (QED) is 0.790. The van der Waals surface area contributed by atoms with Crippen molar-refractivity contribution in [3.63, 3.8) is 0 Å². The van der Waals surface area contributed by atoms with Crippen LogP contribution in [-0.2, 0) is 27.8 Å². The highest BCUT2D eigenvalue weighted by Gasteiger charge is 2.10. The predicted octanol–water partition coefficient (Wildman–Crippen LogP) is 2.50. The third-order valence-electron chi connectivity index (χ3n) is 3.55. The molecule has 1 amide bonds. The number of halogens is 1. The molecular weight excluding hydrogens is 348 g/mol. The minimum atomic E-state index is -3.43. The number of nitrogens with one attached hydrogen (secondary N) is 2. The van der Waals surface area contributed by atoms with Gasteiger partial charge in [-0.3, -0.25) is 4.79 Å². The maximum absolute atomic E-state index is 11.9. The number of hydrogen-bond donors (Lipinski definition) is 2. The van der Waals surface area contributed by atoms with Gasteiger partial charge in [-0.2, -0.15) is 0 Å². The second kappa shape index (κ2) is 8.28. The summed E-state index contributed by atoms with van der Waals surface area (Å²) < 4.78 is 25.5. The molecule has 0 unspecified atom stereocenters. The van der Waals surface area contributed by atoms with Crippen molar-refractivity contribution < 1.29 is 13.2 Å². The van der Waals surface area contributed by atoms with E-state index in [0.717, 1.165) is 11.1 Å². The lowest BCUT2D eigenvalue weighted by Gasteiger charge is -2.07. The van der Waals surface area contributed by atoms with Crippen molar-refractivity contribution in [3.8, 4) is 0 Å². The molecule has 0 fully saturated rings. The van der Waals surface area contributed by atoms with Crippen molar-refractivity contribution in [1.82, 2.24) is 10.0 Å². The topological polar surface area (TPSA) is 75.3 Å². The Bertz CT molecular complexity index is 788. The van der Waals surface area contributed by atoms with Crippen molar-refractivity contribution in [1.29, 1.82) is 0 Å². The van der Waals surface area contributed by atoms with Gasteiger partial charge in [-0.05, 0) is 48.9 Å². The number of rotatable bonds is 7. The summed E-state index contributed by atoms with van der Waals surface area (Å²) in [7, 11) is -2.06. The zero-order chi connectivity index (χ0) is 17.6. The molecule has 0 bridgehead atoms. The monoisotopic (exact) mass is 366 g/mol. The molecule has 0 aromatic heterocycles. The van der Waals surface area contributed by atoms with Crippen LogP contribution in [0, 0.1) is 0 Å². The molecule has 0 aliphatic heterocycles. The van der Waals surface area contributed by atoms with Crippen LogP contribution in [0.1, 0.15) is 17.5 Å². The molecule has 24 heavy (non-hydrogen) atoms. The lowest BCUT2D eigenvalue weighted by molar-refractivity contribution is -0.121. The van der Waals surface area contributed by atoms with Gasteiger partial charge in [0, 0.05) is 18.0 Å². The van der Waals surface area contributed by atoms with E-state index in [-0.39, 0.29) is 10.8 Å². The van der Waals surface area contributed by atoms with Gasteiger partial charge < -0.3 is 5.32 Å². The summed E-state index contributed by atoms with van der Waals surface area (Å²) in [6.45, 7) is 0.454. The molecule has 0 aliphatic rings. The fourth-order valence-corrected chi connectivity index (χ4v) is 2.96. The van der Waals surface area contributed by atoms with Crippen LogP contribution in [0.25, 0.3) is 0 Å². The van der Waals surface area contributed by atoms with Gasteiger partial charge in [-0.15, -0.1) is 0 Å². The zero-order valence-corrected chi connectivity index (χ0v) is 14.8. The standard InChI is InChI=1S/C17H19ClN2O3S/c1-19-24(22,23)16-9-4-13(5-10-16)6-11-17(21)20-12-14-2-7-15(18)8-3-14/h2-5,7-10,19H,6,11-12H2,1H3,(H,20,21). The third-order valence-corrected chi connectivity index (χ3v) is 5.23. The Morgan fingerprint density at radius 3 is 2.17 bits per heavy atom. The Hall–Kier alpha value is -1.89. The molecule has 0 aliphatic carbocycles. The first-order chi connectivity index (χ1) is 11.4. The minimum Gasteiger partial charge on any atom is -0.352 e. The molecule has 2 aromatic carbocycles. The molecule has 0 spiro atoms. The SMILES string of the molecule is CNS(=O)(=O)c1ccc(CCC(=O)NCc2ccc(Cl)cc2)cc1. The van der Waals surface area contributed by atoms with Crippen LogP contribution in [0.2, 0.25) is 5.02 Å². The van der Waals surface area contributed by atoms with Crippen LogP contribution in [0.5, 0.6) is 0 Å². The van der Waals surface area contributed by atoms with Crippen molar-refractivity contribution in [2.45, 2.75) is 24.3 Å². The molecule has 0 saturated heterocycles. The van der Waals surface area contributed by atoms with E-state index < -0.39 is 10.0 Å². The van der Waals surface area contributed by atoms with Crippen LogP contribution in [-0.4, -0.2) is 21.4 Å². The van der Waals surface area contributed by atoms with E-state index in [2.05, 4.69) is 10.0 Å². The van der Waals surface area contributed by atoms with E-state index in [1.165, 1.54) is 19.2 Å². The maximum atomic E-state index is 11.9. The molecule has 2 N–H and O–H groups in total. The first kappa shape index (κ1) is 18.4. The van der Waals surface area contributed by atoms with Gasteiger partial charge >= 0.3 is 0 Å². The Labute approximate surface area is 147 Å². The van der Waals surface area contributed by atoms with Gasteiger partial charge in [-0.25, -0.2) is 13.1 Å². The van der Waals surface area contributed by atoms with Crippen LogP contribution in [0.15, 0.2) is 53.4 Å². The Morgan fingerprint density at radius 2 is 1.58 bits per heavy atom. The second-order valence-corrected chi connectivity index (χ2v) is 7.58. The molecule has 2 aromatic rings. The van der Waals surface area contributed by atoms with E-state index in [1.54, 1.807) is 24.3 Å². The lowest BCUT2D eigenvalue weighted by Crippen LogP contribution is -2.23. The number of sulfonamides is 1. The summed E-state index contributed by atoms with van der Waals surface area (Å²) in [6, 6.07) is 13.8. The predicted molar refractivity (Wildman–Crippen MR) is 94.3 cm³/mol. The first-order valence-corrected chi connectivity index (χ1v) is 9.30. The summed E-state index contributed by atoms with van der Waals surface area (Å²) >= 11 is 5.81. The smallest absolute Gasteiger partial charge is 0.240 e. The highest BCUT2D eigenvalue weighted by Crippen LogP contribution is 2.12. The van der Waals surface area contributed by atoms with Crippen LogP contribution >= 0.6 is 11.6 Å². The van der Waals surface area contributed by atoms with Gasteiger partial charge in [0.15, 0.2) is 0 Å². The van der Waals surface area contributed by atoms with Crippen LogP contribution in [0.4, 0.5) is 0 Å². The van der Waals surface area contributed by atoms with Crippen LogP contribution in [0.3, 0.4) is 0 Å². The molecule has 0 atom stereocenters. The summed E-state index contributed by atoms with van der Waals surface area (Å²) in [5.74, 6) is -0.0585. The number of amides is 1. The van der Waals surface area contributed by atoms with Crippen molar-refractivity contribution >= 4 is 27.5 Å². The normalized spacial score (nSPS) is 11.2. The van der Waals surface area contributed by atoms with E-state index in [1.807, 2.05) is 12.1 Å². The molecule has 0 radical (unpaired) electrons. The van der Waals surface area contributed by atoms with E-state index in [4.69, 9.17) is 11.6 Å². The van der Waals surface area contributed by atoms with E-state index >= 15 is 0 Å². The number of aryl methyl sites for hydroxylation is 1. The first-order valence-electron chi connectivity index (χ1n) is 7.44. The summed E-state index contributed by atoms with van der Waals surface area (Å²) in [4.78, 5) is 12.1. The average molecular weight is 367 g/mol. The molecular formula is C17H19ClN2O3S. The zero-order valence-electron chi connectivity index (χ0n) is 13.3. The molecule has 0 saturated carbocycles.